The molecule has 1 rings (SSSR count). The number of nitrogens with zero attached hydrogens (tertiary/aromatic N) is 1. The van der Waals surface area contributed by atoms with Crippen LogP contribution in [0, 0.1) is 5.92 Å². The number of rotatable bonds is 8. The van der Waals surface area contributed by atoms with E-state index < -0.39 is 0 Å². The van der Waals surface area contributed by atoms with Crippen molar-refractivity contribution in [3.05, 3.63) is 12.2 Å². The lowest BCUT2D eigenvalue weighted by molar-refractivity contribution is 0.290. The second kappa shape index (κ2) is 8.77. The maximum atomic E-state index is 3.50. The van der Waals surface area contributed by atoms with Gasteiger partial charge in [-0.15, -0.1) is 0 Å². The second-order valence-corrected chi connectivity index (χ2v) is 5.22. The molecule has 0 aromatic carbocycles. The summed E-state index contributed by atoms with van der Waals surface area (Å²) >= 11 is 0. The van der Waals surface area contributed by atoms with Crippen LogP contribution in [0.4, 0.5) is 0 Å². The predicted molar refractivity (Wildman–Crippen MR) is 71.8 cm³/mol. The van der Waals surface area contributed by atoms with E-state index >= 15 is 0 Å². The highest BCUT2D eigenvalue weighted by Crippen LogP contribution is 2.04. The van der Waals surface area contributed by atoms with Crippen LogP contribution >= 0.6 is 0 Å². The van der Waals surface area contributed by atoms with Crippen LogP contribution in [-0.2, 0) is 0 Å². The third kappa shape index (κ3) is 7.02. The zero-order chi connectivity index (χ0) is 11.6. The van der Waals surface area contributed by atoms with Crippen molar-refractivity contribution in [2.24, 2.45) is 5.92 Å². The van der Waals surface area contributed by atoms with Crippen molar-refractivity contribution in [3.8, 4) is 0 Å². The van der Waals surface area contributed by atoms with E-state index in [-0.39, 0.29) is 0 Å². The first-order valence-corrected chi connectivity index (χ1v) is 6.87. The lowest BCUT2D eigenvalue weighted by Crippen LogP contribution is -2.28. The zero-order valence-electron chi connectivity index (χ0n) is 11.0. The van der Waals surface area contributed by atoms with Crippen LogP contribution in [0.3, 0.4) is 0 Å². The quantitative estimate of drug-likeness (QED) is 0.504. The van der Waals surface area contributed by atoms with E-state index in [1.54, 1.807) is 0 Å². The number of hydrogen-bond donors (Lipinski definition) is 1. The summed E-state index contributed by atoms with van der Waals surface area (Å²) in [7, 11) is 0. The van der Waals surface area contributed by atoms with Gasteiger partial charge >= 0.3 is 0 Å². The van der Waals surface area contributed by atoms with Crippen LogP contribution in [0.2, 0.25) is 0 Å². The summed E-state index contributed by atoms with van der Waals surface area (Å²) in [6, 6.07) is 0. The highest BCUT2D eigenvalue weighted by molar-refractivity contribution is 4.90. The Morgan fingerprint density at radius 2 is 2.06 bits per heavy atom. The molecule has 0 spiro atoms. The molecule has 0 bridgehead atoms. The Labute approximate surface area is 101 Å². The Bertz CT molecular complexity index is 187. The molecule has 94 valence electrons. The Morgan fingerprint density at radius 1 is 1.19 bits per heavy atom. The van der Waals surface area contributed by atoms with Crippen LogP contribution < -0.4 is 5.32 Å². The van der Waals surface area contributed by atoms with Crippen molar-refractivity contribution >= 4 is 0 Å². The Balaban J connectivity index is 1.82. The summed E-state index contributed by atoms with van der Waals surface area (Å²) in [5.41, 5.74) is 0. The first kappa shape index (κ1) is 13.7. The molecule has 0 aromatic rings. The fourth-order valence-corrected chi connectivity index (χ4v) is 2.05. The van der Waals surface area contributed by atoms with Crippen LogP contribution in [0.15, 0.2) is 12.2 Å². The van der Waals surface area contributed by atoms with Crippen molar-refractivity contribution in [3.63, 3.8) is 0 Å². The standard InChI is InChI=1S/C14H28N2/c1-14(2)13-15-9-5-3-6-10-16-11-7-4-8-12-16/h4,7,14-15H,3,5-6,8-13H2,1-2H3. The summed E-state index contributed by atoms with van der Waals surface area (Å²) in [5.74, 6) is 0.778. The highest BCUT2D eigenvalue weighted by Gasteiger charge is 2.04. The van der Waals surface area contributed by atoms with Crippen LogP contribution in [0.25, 0.3) is 0 Å². The van der Waals surface area contributed by atoms with E-state index in [9.17, 15) is 0 Å². The van der Waals surface area contributed by atoms with E-state index in [0.717, 1.165) is 12.5 Å². The van der Waals surface area contributed by atoms with Gasteiger partial charge in [0, 0.05) is 13.1 Å². The molecular formula is C14H28N2. The van der Waals surface area contributed by atoms with Gasteiger partial charge in [0.15, 0.2) is 0 Å². The molecule has 2 nitrogen and oxygen atoms in total. The minimum Gasteiger partial charge on any atom is -0.316 e. The fourth-order valence-electron chi connectivity index (χ4n) is 2.05. The van der Waals surface area contributed by atoms with Gasteiger partial charge in [0.2, 0.25) is 0 Å². The maximum Gasteiger partial charge on any atom is 0.0163 e. The number of nitrogens with one attached hydrogen (secondary N) is 1. The Hall–Kier alpha value is -0.340. The van der Waals surface area contributed by atoms with Crippen LogP contribution in [-0.4, -0.2) is 37.6 Å². The molecule has 0 atom stereocenters. The SMILES string of the molecule is CC(C)CNCCCCCN1CC=CCC1. The lowest BCUT2D eigenvalue weighted by Gasteiger charge is -2.22. The molecule has 1 heterocycles. The lowest BCUT2D eigenvalue weighted by atomic mass is 10.2. The van der Waals surface area contributed by atoms with E-state index in [4.69, 9.17) is 0 Å². The largest absolute Gasteiger partial charge is 0.316 e. The molecule has 0 radical (unpaired) electrons. The van der Waals surface area contributed by atoms with Crippen LogP contribution in [0.1, 0.15) is 39.5 Å². The van der Waals surface area contributed by atoms with E-state index in [2.05, 4.69) is 36.2 Å². The smallest absolute Gasteiger partial charge is 0.0163 e. The topological polar surface area (TPSA) is 15.3 Å². The van der Waals surface area contributed by atoms with Crippen molar-refractivity contribution in [2.45, 2.75) is 39.5 Å². The molecule has 0 saturated heterocycles. The fraction of sp³-hybridized carbons (Fsp3) is 0.857. The van der Waals surface area contributed by atoms with Crippen molar-refractivity contribution in [1.29, 1.82) is 0 Å². The average molecular weight is 224 g/mol. The monoisotopic (exact) mass is 224 g/mol. The van der Waals surface area contributed by atoms with Crippen molar-refractivity contribution in [1.82, 2.24) is 10.2 Å². The predicted octanol–water partition coefficient (Wildman–Crippen LogP) is 2.66. The molecule has 1 aliphatic rings. The first-order valence-electron chi connectivity index (χ1n) is 6.87. The van der Waals surface area contributed by atoms with Crippen LogP contribution in [0.5, 0.6) is 0 Å². The van der Waals surface area contributed by atoms with Crippen molar-refractivity contribution in [2.75, 3.05) is 32.7 Å². The third-order valence-corrected chi connectivity index (χ3v) is 3.02. The van der Waals surface area contributed by atoms with E-state index in [1.807, 2.05) is 0 Å². The molecule has 0 aliphatic carbocycles. The summed E-state index contributed by atoms with van der Waals surface area (Å²) in [5, 5.41) is 3.50. The molecule has 0 aromatic heterocycles. The summed E-state index contributed by atoms with van der Waals surface area (Å²) in [6.45, 7) is 10.6. The second-order valence-electron chi connectivity index (χ2n) is 5.22. The molecule has 0 saturated carbocycles. The van der Waals surface area contributed by atoms with Gasteiger partial charge in [0.05, 0.1) is 0 Å². The molecular weight excluding hydrogens is 196 g/mol. The van der Waals surface area contributed by atoms with Gasteiger partial charge in [-0.05, 0) is 44.8 Å². The maximum absolute atomic E-state index is 3.50. The molecule has 1 N–H and O–H groups in total. The van der Waals surface area contributed by atoms with Gasteiger partial charge in [-0.1, -0.05) is 32.4 Å². The number of hydrogen-bond acceptors (Lipinski definition) is 2. The summed E-state index contributed by atoms with van der Waals surface area (Å²) in [6.07, 6.45) is 9.90. The third-order valence-electron chi connectivity index (χ3n) is 3.02. The zero-order valence-corrected chi connectivity index (χ0v) is 11.0. The number of unbranched alkanes of at least 4 members (excludes halogenated alkanes) is 2. The van der Waals surface area contributed by atoms with Gasteiger partial charge < -0.3 is 5.32 Å². The molecule has 0 fully saturated rings. The van der Waals surface area contributed by atoms with E-state index in [0.29, 0.717) is 0 Å². The summed E-state index contributed by atoms with van der Waals surface area (Å²) < 4.78 is 0. The molecule has 2 heteroatoms. The molecule has 1 aliphatic heterocycles. The van der Waals surface area contributed by atoms with Gasteiger partial charge in [-0.3, -0.25) is 4.90 Å². The molecule has 0 amide bonds. The minimum absolute atomic E-state index is 0.778. The van der Waals surface area contributed by atoms with Gasteiger partial charge in [-0.2, -0.15) is 0 Å². The Morgan fingerprint density at radius 3 is 2.75 bits per heavy atom. The first-order chi connectivity index (χ1) is 7.79. The average Bonchev–Trinajstić information content (AvgIpc) is 2.29. The normalized spacial score (nSPS) is 17.2. The Kier molecular flexibility index (Phi) is 7.52. The van der Waals surface area contributed by atoms with Gasteiger partial charge in [-0.25, -0.2) is 0 Å². The summed E-state index contributed by atoms with van der Waals surface area (Å²) in [4.78, 5) is 2.56. The van der Waals surface area contributed by atoms with Gasteiger partial charge in [0.1, 0.15) is 0 Å². The minimum atomic E-state index is 0.778. The molecule has 16 heavy (non-hydrogen) atoms. The van der Waals surface area contributed by atoms with E-state index in [1.165, 1.54) is 51.9 Å². The van der Waals surface area contributed by atoms with Gasteiger partial charge in [0.25, 0.3) is 0 Å². The molecule has 0 unspecified atom stereocenters. The highest BCUT2D eigenvalue weighted by atomic mass is 15.1. The van der Waals surface area contributed by atoms with Crippen molar-refractivity contribution < 1.29 is 0 Å².